The fraction of sp³-hybridized carbons (Fsp3) is 0.167. The van der Waals surface area contributed by atoms with Crippen LogP contribution < -0.4 is 5.32 Å². The van der Waals surface area contributed by atoms with E-state index in [9.17, 15) is 19.5 Å². The van der Waals surface area contributed by atoms with Crippen molar-refractivity contribution in [1.82, 2.24) is 5.32 Å². The SMILES string of the molecule is COC(=O)c1ccc(CNC(=O)COC(=O)c2cc(Br)cc(Br)c2O)cc1. The zero-order valence-electron chi connectivity index (χ0n) is 14.1. The number of ether oxygens (including phenoxy) is 2. The van der Waals surface area contributed by atoms with Crippen molar-refractivity contribution in [1.29, 1.82) is 0 Å². The number of hydrogen-bond donors (Lipinski definition) is 2. The van der Waals surface area contributed by atoms with Gasteiger partial charge in [0, 0.05) is 11.0 Å². The number of benzene rings is 2. The second-order valence-corrected chi connectivity index (χ2v) is 7.10. The Hall–Kier alpha value is -2.39. The summed E-state index contributed by atoms with van der Waals surface area (Å²) in [4.78, 5) is 35.2. The molecular formula is C18H15Br2NO6. The van der Waals surface area contributed by atoms with Crippen molar-refractivity contribution in [3.63, 3.8) is 0 Å². The van der Waals surface area contributed by atoms with Gasteiger partial charge in [-0.3, -0.25) is 4.79 Å². The first-order valence-corrected chi connectivity index (χ1v) is 9.19. The van der Waals surface area contributed by atoms with Gasteiger partial charge in [-0.05, 0) is 45.8 Å². The molecule has 0 fully saturated rings. The van der Waals surface area contributed by atoms with E-state index in [0.717, 1.165) is 5.56 Å². The number of phenols is 1. The molecule has 0 aliphatic heterocycles. The van der Waals surface area contributed by atoms with E-state index in [1.807, 2.05) is 0 Å². The van der Waals surface area contributed by atoms with Crippen molar-refractivity contribution < 1.29 is 29.0 Å². The van der Waals surface area contributed by atoms with Crippen LogP contribution in [0, 0.1) is 0 Å². The molecule has 0 saturated carbocycles. The summed E-state index contributed by atoms with van der Waals surface area (Å²) in [6.07, 6.45) is 0. The summed E-state index contributed by atoms with van der Waals surface area (Å²) in [5.74, 6) is -2.05. The van der Waals surface area contributed by atoms with E-state index < -0.39 is 24.5 Å². The normalized spacial score (nSPS) is 10.2. The Kier molecular flexibility index (Phi) is 7.37. The molecular weight excluding hydrogens is 486 g/mol. The van der Waals surface area contributed by atoms with Crippen LogP contribution in [-0.4, -0.2) is 36.7 Å². The van der Waals surface area contributed by atoms with Crippen LogP contribution in [0.3, 0.4) is 0 Å². The highest BCUT2D eigenvalue weighted by Gasteiger charge is 2.17. The van der Waals surface area contributed by atoms with Crippen LogP contribution in [0.5, 0.6) is 5.75 Å². The number of phenolic OH excluding ortho intramolecular Hbond substituents is 1. The number of rotatable bonds is 6. The molecule has 0 spiro atoms. The highest BCUT2D eigenvalue weighted by atomic mass is 79.9. The summed E-state index contributed by atoms with van der Waals surface area (Å²) in [5.41, 5.74) is 1.10. The van der Waals surface area contributed by atoms with Crippen LogP contribution in [0.15, 0.2) is 45.3 Å². The maximum absolute atomic E-state index is 12.0. The van der Waals surface area contributed by atoms with E-state index in [1.165, 1.54) is 13.2 Å². The Balaban J connectivity index is 1.86. The number of esters is 2. The molecule has 0 atom stereocenters. The van der Waals surface area contributed by atoms with Gasteiger partial charge in [-0.1, -0.05) is 28.1 Å². The lowest BCUT2D eigenvalue weighted by Gasteiger charge is -2.09. The minimum atomic E-state index is -0.827. The Morgan fingerprint density at radius 3 is 2.37 bits per heavy atom. The first-order chi connectivity index (χ1) is 12.8. The Bertz CT molecular complexity index is 867. The molecule has 2 aromatic rings. The molecule has 2 aromatic carbocycles. The topological polar surface area (TPSA) is 102 Å². The van der Waals surface area contributed by atoms with Gasteiger partial charge in [-0.25, -0.2) is 9.59 Å². The van der Waals surface area contributed by atoms with Crippen molar-refractivity contribution in [2.75, 3.05) is 13.7 Å². The van der Waals surface area contributed by atoms with Crippen molar-refractivity contribution >= 4 is 49.7 Å². The van der Waals surface area contributed by atoms with Gasteiger partial charge in [0.05, 0.1) is 17.1 Å². The molecule has 0 heterocycles. The maximum Gasteiger partial charge on any atom is 0.342 e. The molecule has 0 aliphatic carbocycles. The van der Waals surface area contributed by atoms with Crippen LogP contribution in [0.1, 0.15) is 26.3 Å². The predicted molar refractivity (Wildman–Crippen MR) is 103 cm³/mol. The van der Waals surface area contributed by atoms with Gasteiger partial charge in [0.1, 0.15) is 11.3 Å². The van der Waals surface area contributed by atoms with Gasteiger partial charge in [-0.15, -0.1) is 0 Å². The first-order valence-electron chi connectivity index (χ1n) is 7.61. The second kappa shape index (κ2) is 9.52. The van der Waals surface area contributed by atoms with Gasteiger partial charge >= 0.3 is 11.9 Å². The highest BCUT2D eigenvalue weighted by molar-refractivity contribution is 9.11. The first kappa shape index (κ1) is 20.9. The number of carbonyl (C=O) groups excluding carboxylic acids is 3. The molecule has 0 bridgehead atoms. The van der Waals surface area contributed by atoms with Crippen LogP contribution in [0.4, 0.5) is 0 Å². The highest BCUT2D eigenvalue weighted by Crippen LogP contribution is 2.32. The van der Waals surface area contributed by atoms with Gasteiger partial charge < -0.3 is 19.9 Å². The third-order valence-electron chi connectivity index (χ3n) is 3.45. The van der Waals surface area contributed by atoms with Gasteiger partial charge in [0.15, 0.2) is 6.61 Å². The third-order valence-corrected chi connectivity index (χ3v) is 4.51. The van der Waals surface area contributed by atoms with Crippen LogP contribution in [0.25, 0.3) is 0 Å². The Morgan fingerprint density at radius 2 is 1.74 bits per heavy atom. The third kappa shape index (κ3) is 5.80. The van der Waals surface area contributed by atoms with E-state index in [4.69, 9.17) is 4.74 Å². The van der Waals surface area contributed by atoms with Crippen LogP contribution >= 0.6 is 31.9 Å². The Labute approximate surface area is 171 Å². The lowest BCUT2D eigenvalue weighted by molar-refractivity contribution is -0.124. The smallest absolute Gasteiger partial charge is 0.342 e. The summed E-state index contributed by atoms with van der Waals surface area (Å²) in [7, 11) is 1.30. The number of amides is 1. The number of carbonyl (C=O) groups is 3. The fourth-order valence-corrected chi connectivity index (χ4v) is 3.28. The van der Waals surface area contributed by atoms with E-state index >= 15 is 0 Å². The molecule has 1 amide bonds. The molecule has 2 rings (SSSR count). The zero-order valence-corrected chi connectivity index (χ0v) is 17.3. The standard InChI is InChI=1S/C18H15Br2NO6/c1-26-17(24)11-4-2-10(3-5-11)8-21-15(22)9-27-18(25)13-6-12(19)7-14(20)16(13)23/h2-7,23H,8-9H2,1H3,(H,21,22). The molecule has 0 radical (unpaired) electrons. The summed E-state index contributed by atoms with van der Waals surface area (Å²) >= 11 is 6.33. The molecule has 0 aliphatic rings. The lowest BCUT2D eigenvalue weighted by atomic mass is 10.1. The fourth-order valence-electron chi connectivity index (χ4n) is 2.06. The van der Waals surface area contributed by atoms with E-state index in [-0.39, 0.29) is 17.9 Å². The van der Waals surface area contributed by atoms with Crippen LogP contribution in [0.2, 0.25) is 0 Å². The number of halogens is 2. The second-order valence-electron chi connectivity index (χ2n) is 5.33. The average Bonchev–Trinajstić information content (AvgIpc) is 2.66. The number of methoxy groups -OCH3 is 1. The summed E-state index contributed by atoms with van der Waals surface area (Å²) in [6.45, 7) is -0.297. The van der Waals surface area contributed by atoms with Crippen molar-refractivity contribution in [3.05, 3.63) is 62.0 Å². The maximum atomic E-state index is 12.0. The van der Waals surface area contributed by atoms with Gasteiger partial charge in [0.25, 0.3) is 5.91 Å². The quantitative estimate of drug-likeness (QED) is 0.590. The van der Waals surface area contributed by atoms with Gasteiger partial charge in [-0.2, -0.15) is 0 Å². The Morgan fingerprint density at radius 1 is 1.07 bits per heavy atom. The number of nitrogens with one attached hydrogen (secondary N) is 1. The summed E-state index contributed by atoms with van der Waals surface area (Å²) < 4.78 is 10.4. The monoisotopic (exact) mass is 499 g/mol. The lowest BCUT2D eigenvalue weighted by Crippen LogP contribution is -2.28. The van der Waals surface area contributed by atoms with Crippen LogP contribution in [-0.2, 0) is 20.8 Å². The largest absolute Gasteiger partial charge is 0.506 e. The number of aromatic hydroxyl groups is 1. The molecule has 7 nitrogen and oxygen atoms in total. The molecule has 142 valence electrons. The zero-order chi connectivity index (χ0) is 20.0. The van der Waals surface area contributed by atoms with Crippen molar-refractivity contribution in [3.8, 4) is 5.75 Å². The summed E-state index contributed by atoms with van der Waals surface area (Å²) in [5, 5.41) is 12.5. The van der Waals surface area contributed by atoms with Crippen molar-refractivity contribution in [2.45, 2.75) is 6.54 Å². The predicted octanol–water partition coefficient (Wildman–Crippen LogP) is 3.18. The van der Waals surface area contributed by atoms with Gasteiger partial charge in [0.2, 0.25) is 0 Å². The van der Waals surface area contributed by atoms with E-state index in [0.29, 0.717) is 14.5 Å². The van der Waals surface area contributed by atoms with Crippen molar-refractivity contribution in [2.24, 2.45) is 0 Å². The molecule has 2 N–H and O–H groups in total. The molecule has 0 saturated heterocycles. The average molecular weight is 501 g/mol. The number of hydrogen-bond acceptors (Lipinski definition) is 6. The summed E-state index contributed by atoms with van der Waals surface area (Å²) in [6, 6.07) is 9.49. The molecule has 0 unspecified atom stereocenters. The van der Waals surface area contributed by atoms with E-state index in [2.05, 4.69) is 41.9 Å². The molecule has 0 aromatic heterocycles. The molecule has 27 heavy (non-hydrogen) atoms. The molecule has 9 heteroatoms. The minimum Gasteiger partial charge on any atom is -0.506 e. The minimum absolute atomic E-state index is 0.0672. The van der Waals surface area contributed by atoms with E-state index in [1.54, 1.807) is 30.3 Å².